The molecule has 4 unspecified atom stereocenters. The number of aryl methyl sites for hydroxylation is 2. The van der Waals surface area contributed by atoms with Crippen LogP contribution in [0.25, 0.3) is 20.8 Å². The molecule has 3 fully saturated rings. The summed E-state index contributed by atoms with van der Waals surface area (Å²) in [6, 6.07) is 1.90. The standard InChI is InChI=1S/C22H23N5O3S2/c1-9-14(19-26-15-10(2)23-7-6-13(15)32-19)18(27-20(24-9)31-5)25-12-8-11-16(28)22(11)17(12)29-21(3,4)30-22/h6-7,11-12,17H,8H2,1-5H3,(H,24,25,27). The van der Waals surface area contributed by atoms with E-state index >= 15 is 0 Å². The minimum Gasteiger partial charge on any atom is -0.364 e. The highest BCUT2D eigenvalue weighted by molar-refractivity contribution is 7.98. The lowest BCUT2D eigenvalue weighted by Crippen LogP contribution is -2.39. The Morgan fingerprint density at radius 2 is 2.03 bits per heavy atom. The lowest BCUT2D eigenvalue weighted by atomic mass is 10.1. The number of thioether (sulfide) groups is 1. The summed E-state index contributed by atoms with van der Waals surface area (Å²) in [7, 11) is 0. The maximum atomic E-state index is 12.5. The minimum atomic E-state index is -0.801. The van der Waals surface area contributed by atoms with Crippen LogP contribution < -0.4 is 5.32 Å². The molecule has 6 rings (SSSR count). The topological polar surface area (TPSA) is 99.1 Å². The molecule has 1 N–H and O–H groups in total. The van der Waals surface area contributed by atoms with E-state index < -0.39 is 11.4 Å². The highest BCUT2D eigenvalue weighted by atomic mass is 32.2. The van der Waals surface area contributed by atoms with Crippen LogP contribution in [0.5, 0.6) is 0 Å². The van der Waals surface area contributed by atoms with E-state index in [-0.39, 0.29) is 23.8 Å². The smallest absolute Gasteiger partial charge is 0.189 e. The van der Waals surface area contributed by atoms with Gasteiger partial charge >= 0.3 is 0 Å². The van der Waals surface area contributed by atoms with E-state index in [1.807, 2.05) is 40.0 Å². The van der Waals surface area contributed by atoms with Crippen molar-refractivity contribution in [1.82, 2.24) is 19.9 Å². The Balaban J connectivity index is 1.42. The largest absolute Gasteiger partial charge is 0.364 e. The number of thiazole rings is 1. The number of aromatic nitrogens is 4. The lowest BCUT2D eigenvalue weighted by molar-refractivity contribution is -0.157. The number of nitrogens with zero attached hydrogens (tertiary/aromatic N) is 4. The fourth-order valence-corrected chi connectivity index (χ4v) is 6.66. The molecule has 1 aliphatic heterocycles. The third-order valence-electron chi connectivity index (χ3n) is 6.52. The van der Waals surface area contributed by atoms with E-state index in [1.165, 1.54) is 11.8 Å². The maximum Gasteiger partial charge on any atom is 0.189 e. The van der Waals surface area contributed by atoms with Crippen molar-refractivity contribution < 1.29 is 14.3 Å². The predicted octanol–water partition coefficient (Wildman–Crippen LogP) is 3.76. The molecule has 3 aromatic rings. The first-order valence-electron chi connectivity index (χ1n) is 10.6. The van der Waals surface area contributed by atoms with Gasteiger partial charge in [-0.3, -0.25) is 9.78 Å². The number of Topliss-reactive ketones (excluding diaryl/α,β-unsaturated/α-hetero) is 1. The van der Waals surface area contributed by atoms with Crippen LogP contribution in [0.15, 0.2) is 17.4 Å². The highest BCUT2D eigenvalue weighted by Crippen LogP contribution is 2.62. The van der Waals surface area contributed by atoms with E-state index in [9.17, 15) is 4.79 Å². The van der Waals surface area contributed by atoms with Gasteiger partial charge in [-0.15, -0.1) is 11.3 Å². The van der Waals surface area contributed by atoms with E-state index in [0.29, 0.717) is 17.4 Å². The summed E-state index contributed by atoms with van der Waals surface area (Å²) in [5.74, 6) is -0.0192. The number of pyridine rings is 1. The van der Waals surface area contributed by atoms with Gasteiger partial charge in [0.1, 0.15) is 22.4 Å². The van der Waals surface area contributed by atoms with Crippen LogP contribution in [0.1, 0.15) is 31.7 Å². The Hall–Kier alpha value is -2.14. The number of carbonyl (C=O) groups is 1. The Morgan fingerprint density at radius 1 is 1.22 bits per heavy atom. The van der Waals surface area contributed by atoms with Gasteiger partial charge in [-0.25, -0.2) is 15.0 Å². The van der Waals surface area contributed by atoms with Gasteiger partial charge in [0.05, 0.1) is 33.6 Å². The van der Waals surface area contributed by atoms with Gasteiger partial charge in [0.25, 0.3) is 0 Å². The molecule has 166 valence electrons. The van der Waals surface area contributed by atoms with Crippen LogP contribution in [0.3, 0.4) is 0 Å². The highest BCUT2D eigenvalue weighted by Gasteiger charge is 2.81. The second kappa shape index (κ2) is 6.69. The van der Waals surface area contributed by atoms with E-state index in [2.05, 4.69) is 15.3 Å². The van der Waals surface area contributed by atoms with Gasteiger partial charge in [-0.2, -0.15) is 0 Å². The molecule has 1 spiro atoms. The molecule has 1 saturated heterocycles. The molecule has 32 heavy (non-hydrogen) atoms. The maximum absolute atomic E-state index is 12.5. The molecule has 4 heterocycles. The SMILES string of the molecule is CSc1nc(C)c(-c2nc3c(C)nccc3s2)c(NC2CC3C(=O)C34OC(C)(C)OC24)n1. The minimum absolute atomic E-state index is 0.0833. The average molecular weight is 470 g/mol. The van der Waals surface area contributed by atoms with Crippen LogP contribution >= 0.6 is 23.1 Å². The first-order chi connectivity index (χ1) is 15.2. The third-order valence-corrected chi connectivity index (χ3v) is 8.10. The van der Waals surface area contributed by atoms with Crippen molar-refractivity contribution in [3.05, 3.63) is 23.7 Å². The molecule has 3 aromatic heterocycles. The van der Waals surface area contributed by atoms with Crippen LogP contribution in [0.4, 0.5) is 5.82 Å². The summed E-state index contributed by atoms with van der Waals surface area (Å²) in [6.45, 7) is 7.67. The molecule has 0 amide bonds. The van der Waals surface area contributed by atoms with Gasteiger partial charge in [-0.05, 0) is 46.4 Å². The fourth-order valence-electron chi connectivity index (χ4n) is 5.14. The molecular weight excluding hydrogens is 446 g/mol. The van der Waals surface area contributed by atoms with Crippen LogP contribution in [0.2, 0.25) is 0 Å². The van der Waals surface area contributed by atoms with Gasteiger partial charge in [0, 0.05) is 6.20 Å². The first-order valence-corrected chi connectivity index (χ1v) is 12.6. The van der Waals surface area contributed by atoms with Crippen molar-refractivity contribution in [2.24, 2.45) is 5.92 Å². The third kappa shape index (κ3) is 2.79. The summed E-state index contributed by atoms with van der Waals surface area (Å²) in [5.41, 5.74) is 2.73. The van der Waals surface area contributed by atoms with Crippen molar-refractivity contribution in [3.63, 3.8) is 0 Å². The molecule has 0 radical (unpaired) electrons. The van der Waals surface area contributed by atoms with E-state index in [4.69, 9.17) is 19.4 Å². The fraction of sp³-hybridized carbons (Fsp3) is 0.500. The monoisotopic (exact) mass is 469 g/mol. The number of ether oxygens (including phenoxy) is 2. The van der Waals surface area contributed by atoms with Crippen molar-refractivity contribution in [2.75, 3.05) is 11.6 Å². The number of rotatable bonds is 4. The lowest BCUT2D eigenvalue weighted by Gasteiger charge is -2.25. The number of nitrogens with one attached hydrogen (secondary N) is 1. The summed E-state index contributed by atoms with van der Waals surface area (Å²) < 4.78 is 13.4. The zero-order valence-electron chi connectivity index (χ0n) is 18.4. The molecule has 8 nitrogen and oxygen atoms in total. The van der Waals surface area contributed by atoms with Gasteiger partial charge < -0.3 is 14.8 Å². The number of ketones is 1. The number of anilines is 1. The first kappa shape index (κ1) is 20.5. The Labute approximate surface area is 193 Å². The second-order valence-electron chi connectivity index (χ2n) is 9.02. The number of hydrogen-bond acceptors (Lipinski definition) is 10. The van der Waals surface area contributed by atoms with Crippen LogP contribution in [-0.2, 0) is 14.3 Å². The summed E-state index contributed by atoms with van der Waals surface area (Å²) >= 11 is 3.10. The molecule has 10 heteroatoms. The predicted molar refractivity (Wildman–Crippen MR) is 123 cm³/mol. The van der Waals surface area contributed by atoms with Crippen molar-refractivity contribution in [2.45, 2.75) is 62.8 Å². The molecule has 0 bridgehead atoms. The molecule has 2 aliphatic carbocycles. The molecule has 0 aromatic carbocycles. The van der Waals surface area contributed by atoms with E-state index in [0.717, 1.165) is 32.2 Å². The summed E-state index contributed by atoms with van der Waals surface area (Å²) in [5, 5.41) is 5.13. The van der Waals surface area contributed by atoms with E-state index in [1.54, 1.807) is 17.5 Å². The van der Waals surface area contributed by atoms with Crippen LogP contribution in [-0.4, -0.2) is 55.5 Å². The summed E-state index contributed by atoms with van der Waals surface area (Å²) in [4.78, 5) is 31.2. The van der Waals surface area contributed by atoms with Gasteiger partial charge in [0.2, 0.25) is 0 Å². The van der Waals surface area contributed by atoms with Crippen molar-refractivity contribution in [3.8, 4) is 10.6 Å². The Bertz CT molecular complexity index is 1290. The van der Waals surface area contributed by atoms with Gasteiger partial charge in [0.15, 0.2) is 22.3 Å². The Morgan fingerprint density at radius 3 is 2.78 bits per heavy atom. The molecular formula is C22H23N5O3S2. The summed E-state index contributed by atoms with van der Waals surface area (Å²) in [6.07, 6.45) is 4.09. The zero-order valence-corrected chi connectivity index (χ0v) is 20.1. The normalized spacial score (nSPS) is 29.9. The number of carbonyl (C=O) groups excluding carboxylic acids is 1. The molecule has 3 aliphatic rings. The molecule has 2 saturated carbocycles. The zero-order chi connectivity index (χ0) is 22.4. The quantitative estimate of drug-likeness (QED) is 0.452. The molecule has 4 atom stereocenters. The van der Waals surface area contributed by atoms with Crippen LogP contribution in [0, 0.1) is 19.8 Å². The Kier molecular flexibility index (Phi) is 4.28. The number of fused-ring (bicyclic) bond motifs is 1. The van der Waals surface area contributed by atoms with Crippen molar-refractivity contribution >= 4 is 44.9 Å². The number of hydrogen-bond donors (Lipinski definition) is 1. The van der Waals surface area contributed by atoms with Crippen molar-refractivity contribution in [1.29, 1.82) is 0 Å². The van der Waals surface area contributed by atoms with Gasteiger partial charge in [-0.1, -0.05) is 11.8 Å². The second-order valence-corrected chi connectivity index (χ2v) is 10.8. The average Bonchev–Trinajstić information content (AvgIpc) is 3.11.